The van der Waals surface area contributed by atoms with E-state index >= 15 is 0 Å². The lowest BCUT2D eigenvalue weighted by atomic mass is 9.71. The second kappa shape index (κ2) is 11.4. The minimum atomic E-state index is -5.21. The molecule has 3 aliphatic rings. The van der Waals surface area contributed by atoms with E-state index in [2.05, 4.69) is 9.47 Å². The molecule has 2 aromatic carbocycles. The number of halogens is 8. The maximum atomic E-state index is 14.9. The average Bonchev–Trinajstić information content (AvgIpc) is 2.84. The van der Waals surface area contributed by atoms with Gasteiger partial charge in [0.2, 0.25) is 0 Å². The van der Waals surface area contributed by atoms with Gasteiger partial charge in [0.25, 0.3) is 0 Å². The van der Waals surface area contributed by atoms with Crippen LogP contribution >= 0.6 is 0 Å². The zero-order valence-corrected chi connectivity index (χ0v) is 21.6. The molecule has 2 unspecified atom stereocenters. The quantitative estimate of drug-likeness (QED) is 0.307. The van der Waals surface area contributed by atoms with Gasteiger partial charge in [-0.3, -0.25) is 0 Å². The molecule has 0 spiro atoms. The molecule has 5 rings (SSSR count). The summed E-state index contributed by atoms with van der Waals surface area (Å²) in [6.45, 7) is 0.793. The van der Waals surface area contributed by atoms with Crippen LogP contribution in [0.2, 0.25) is 0 Å². The Kier molecular flexibility index (Phi) is 8.23. The monoisotopic (exact) mass is 578 g/mol. The van der Waals surface area contributed by atoms with E-state index in [0.29, 0.717) is 36.8 Å². The van der Waals surface area contributed by atoms with E-state index < -0.39 is 47.0 Å². The lowest BCUT2D eigenvalue weighted by Gasteiger charge is -2.42. The van der Waals surface area contributed by atoms with Crippen molar-refractivity contribution < 1.29 is 49.3 Å². The van der Waals surface area contributed by atoms with Gasteiger partial charge in [-0.15, -0.1) is 13.2 Å². The molecular weight excluding hydrogens is 548 g/mol. The maximum Gasteiger partial charge on any atom is 0.573 e. The van der Waals surface area contributed by atoms with E-state index in [1.165, 1.54) is 25.7 Å². The van der Waals surface area contributed by atoms with Crippen LogP contribution in [0.5, 0.6) is 11.5 Å². The lowest BCUT2D eigenvalue weighted by Crippen LogP contribution is -2.37. The van der Waals surface area contributed by atoms with Gasteiger partial charge in [-0.1, -0.05) is 19.3 Å². The Morgan fingerprint density at radius 3 is 1.85 bits per heavy atom. The van der Waals surface area contributed by atoms with Crippen LogP contribution < -0.4 is 9.47 Å². The highest BCUT2D eigenvalue weighted by molar-refractivity contribution is 5.35. The molecule has 11 heteroatoms. The SMILES string of the molecule is Fc1cc(OC(F)(F)c2c(F)cc(C3CCC(C4CCC(C5CCC5)CO4)CC3)cc2F)ccc1OC(F)(F)F. The van der Waals surface area contributed by atoms with Gasteiger partial charge in [-0.2, -0.15) is 8.78 Å². The number of alkyl halides is 5. The van der Waals surface area contributed by atoms with Crippen molar-refractivity contribution in [3.8, 4) is 11.5 Å². The third-order valence-corrected chi connectivity index (χ3v) is 8.66. The van der Waals surface area contributed by atoms with Gasteiger partial charge in [0, 0.05) is 6.07 Å². The van der Waals surface area contributed by atoms with E-state index in [1.54, 1.807) is 0 Å². The van der Waals surface area contributed by atoms with Gasteiger partial charge in [0.1, 0.15) is 22.9 Å². The Hall–Kier alpha value is -2.56. The summed E-state index contributed by atoms with van der Waals surface area (Å²) in [5.41, 5.74) is -1.40. The first kappa shape index (κ1) is 29.0. The third kappa shape index (κ3) is 6.50. The molecule has 2 aliphatic carbocycles. The predicted molar refractivity (Wildman–Crippen MR) is 128 cm³/mol. The standard InChI is InChI=1S/C29H30F8O3/c30-22-14-21(9-11-26(22)40-29(35,36)37)39-28(33,34)27-23(31)12-20(13-24(27)32)17-4-6-18(7-5-17)25-10-8-19(15-38-25)16-2-1-3-16/h9,11-14,16-19,25H,1-8,10,15H2. The second-order valence-electron chi connectivity index (χ2n) is 11.1. The van der Waals surface area contributed by atoms with Gasteiger partial charge >= 0.3 is 12.5 Å². The Morgan fingerprint density at radius 2 is 1.32 bits per heavy atom. The second-order valence-corrected chi connectivity index (χ2v) is 11.1. The molecule has 2 aromatic rings. The molecule has 0 aromatic heterocycles. The number of hydrogen-bond acceptors (Lipinski definition) is 3. The van der Waals surface area contributed by atoms with E-state index in [9.17, 15) is 35.1 Å². The van der Waals surface area contributed by atoms with Crippen LogP contribution in [-0.2, 0) is 10.8 Å². The molecule has 0 N–H and O–H groups in total. The van der Waals surface area contributed by atoms with Crippen molar-refractivity contribution in [2.24, 2.45) is 17.8 Å². The van der Waals surface area contributed by atoms with Gasteiger partial charge in [-0.05, 0) is 92.0 Å². The minimum Gasteiger partial charge on any atom is -0.429 e. The molecule has 0 bridgehead atoms. The number of hydrogen-bond donors (Lipinski definition) is 0. The van der Waals surface area contributed by atoms with Crippen LogP contribution in [0.15, 0.2) is 30.3 Å². The molecule has 3 fully saturated rings. The molecule has 3 nitrogen and oxygen atoms in total. The molecular formula is C29H30F8O3. The summed E-state index contributed by atoms with van der Waals surface area (Å²) in [6.07, 6.45) is -0.599. The smallest absolute Gasteiger partial charge is 0.429 e. The van der Waals surface area contributed by atoms with Gasteiger partial charge in [0.05, 0.1) is 12.7 Å². The van der Waals surface area contributed by atoms with E-state index in [0.717, 1.165) is 43.9 Å². The number of ether oxygens (including phenoxy) is 3. The summed E-state index contributed by atoms with van der Waals surface area (Å²) in [4.78, 5) is 0. The largest absolute Gasteiger partial charge is 0.573 e. The molecule has 1 heterocycles. The van der Waals surface area contributed by atoms with E-state index in [-0.39, 0.29) is 23.7 Å². The Bertz CT molecular complexity index is 1160. The summed E-state index contributed by atoms with van der Waals surface area (Å²) in [5.74, 6) is -5.32. The van der Waals surface area contributed by atoms with Crippen molar-refractivity contribution in [2.45, 2.75) is 82.3 Å². The normalized spacial score (nSPS) is 26.3. The van der Waals surface area contributed by atoms with Gasteiger partial charge < -0.3 is 14.2 Å². The average molecular weight is 579 g/mol. The summed E-state index contributed by atoms with van der Waals surface area (Å²) in [7, 11) is 0. The first-order valence-electron chi connectivity index (χ1n) is 13.6. The molecule has 40 heavy (non-hydrogen) atoms. The first-order chi connectivity index (χ1) is 18.9. The maximum absolute atomic E-state index is 14.9. The molecule has 0 radical (unpaired) electrons. The fourth-order valence-electron chi connectivity index (χ4n) is 6.33. The summed E-state index contributed by atoms with van der Waals surface area (Å²) in [5, 5.41) is 0. The minimum absolute atomic E-state index is 0.183. The van der Waals surface area contributed by atoms with E-state index in [1.807, 2.05) is 0 Å². The summed E-state index contributed by atoms with van der Waals surface area (Å²) in [6, 6.07) is 2.93. The summed E-state index contributed by atoms with van der Waals surface area (Å²) < 4.78 is 124. The first-order valence-corrected chi connectivity index (χ1v) is 13.6. The van der Waals surface area contributed by atoms with Gasteiger partial charge in [0.15, 0.2) is 11.6 Å². The Labute approximate surface area is 226 Å². The molecule has 1 aliphatic heterocycles. The fraction of sp³-hybridized carbons (Fsp3) is 0.586. The van der Waals surface area contributed by atoms with E-state index in [4.69, 9.17) is 4.74 Å². The molecule has 2 atom stereocenters. The third-order valence-electron chi connectivity index (χ3n) is 8.66. The molecule has 220 valence electrons. The van der Waals surface area contributed by atoms with Crippen LogP contribution in [0.1, 0.15) is 74.8 Å². The number of benzene rings is 2. The van der Waals surface area contributed by atoms with Crippen molar-refractivity contribution in [1.29, 1.82) is 0 Å². The fourth-order valence-corrected chi connectivity index (χ4v) is 6.33. The topological polar surface area (TPSA) is 27.7 Å². The van der Waals surface area contributed by atoms with Crippen LogP contribution in [0.4, 0.5) is 35.1 Å². The summed E-state index contributed by atoms with van der Waals surface area (Å²) >= 11 is 0. The van der Waals surface area contributed by atoms with Crippen molar-refractivity contribution >= 4 is 0 Å². The van der Waals surface area contributed by atoms with Crippen LogP contribution in [0.3, 0.4) is 0 Å². The highest BCUT2D eigenvalue weighted by atomic mass is 19.4. The van der Waals surface area contributed by atoms with Crippen LogP contribution in [0.25, 0.3) is 0 Å². The Balaban J connectivity index is 1.20. The zero-order valence-electron chi connectivity index (χ0n) is 21.6. The van der Waals surface area contributed by atoms with Gasteiger partial charge in [-0.25, -0.2) is 13.2 Å². The lowest BCUT2D eigenvalue weighted by molar-refractivity contribution is -0.275. The van der Waals surface area contributed by atoms with Crippen molar-refractivity contribution in [3.05, 3.63) is 58.9 Å². The predicted octanol–water partition coefficient (Wildman–Crippen LogP) is 9.00. The highest BCUT2D eigenvalue weighted by Gasteiger charge is 2.42. The highest BCUT2D eigenvalue weighted by Crippen LogP contribution is 2.44. The van der Waals surface area contributed by atoms with Crippen LogP contribution in [0, 0.1) is 35.2 Å². The molecule has 2 saturated carbocycles. The molecule has 1 saturated heterocycles. The van der Waals surface area contributed by atoms with Crippen molar-refractivity contribution in [1.82, 2.24) is 0 Å². The molecule has 0 amide bonds. The van der Waals surface area contributed by atoms with Crippen LogP contribution in [-0.4, -0.2) is 19.1 Å². The van der Waals surface area contributed by atoms with Crippen molar-refractivity contribution in [3.63, 3.8) is 0 Å². The Morgan fingerprint density at radius 1 is 0.675 bits per heavy atom. The number of rotatable bonds is 7. The zero-order chi connectivity index (χ0) is 28.7. The van der Waals surface area contributed by atoms with Crippen molar-refractivity contribution in [2.75, 3.05) is 6.61 Å².